The number of amides is 1. The van der Waals surface area contributed by atoms with Crippen molar-refractivity contribution in [3.05, 3.63) is 54.1 Å². The number of carbonyl (C=O) groups excluding carboxylic acids is 1. The number of hydrogen-bond acceptors (Lipinski definition) is 4. The zero-order chi connectivity index (χ0) is 21.1. The lowest BCUT2D eigenvalue weighted by Gasteiger charge is -2.19. The van der Waals surface area contributed by atoms with E-state index < -0.39 is 11.7 Å². The molecule has 0 radical (unpaired) electrons. The Balaban J connectivity index is 1.83. The smallest absolute Gasteiger partial charge is 0.407 e. The fourth-order valence-corrected chi connectivity index (χ4v) is 2.59. The van der Waals surface area contributed by atoms with E-state index in [2.05, 4.69) is 44.1 Å². The van der Waals surface area contributed by atoms with Gasteiger partial charge >= 0.3 is 6.09 Å². The fraction of sp³-hybridized carbons (Fsp3) is 0.476. The van der Waals surface area contributed by atoms with Gasteiger partial charge in [0.25, 0.3) is 0 Å². The van der Waals surface area contributed by atoms with Gasteiger partial charge in [0.05, 0.1) is 12.9 Å². The van der Waals surface area contributed by atoms with Crippen LogP contribution in [0.15, 0.2) is 48.0 Å². The Bertz CT molecular complexity index is 781. The van der Waals surface area contributed by atoms with Gasteiger partial charge in [-0.2, -0.15) is 0 Å². The van der Waals surface area contributed by atoms with E-state index in [1.807, 2.05) is 50.9 Å². The molecule has 0 saturated carbocycles. The number of hydrogen-bond donors (Lipinski definition) is 3. The van der Waals surface area contributed by atoms with Gasteiger partial charge in [-0.1, -0.05) is 24.3 Å². The summed E-state index contributed by atoms with van der Waals surface area (Å²) in [6, 6.07) is 8.35. The Morgan fingerprint density at radius 3 is 2.62 bits per heavy atom. The molecule has 0 unspecified atom stereocenters. The van der Waals surface area contributed by atoms with Crippen molar-refractivity contribution < 1.29 is 9.53 Å². The van der Waals surface area contributed by atoms with Crippen LogP contribution in [-0.4, -0.2) is 46.8 Å². The maximum Gasteiger partial charge on any atom is 0.407 e. The molecule has 0 aliphatic carbocycles. The number of nitrogens with one attached hydrogen (secondary N) is 3. The quantitative estimate of drug-likeness (QED) is 0.360. The molecule has 0 atom stereocenters. The molecule has 0 aliphatic heterocycles. The van der Waals surface area contributed by atoms with Crippen LogP contribution in [0.3, 0.4) is 0 Å². The third kappa shape index (κ3) is 9.14. The summed E-state index contributed by atoms with van der Waals surface area (Å²) in [4.78, 5) is 20.4. The predicted octanol–water partition coefficient (Wildman–Crippen LogP) is 2.51. The second-order valence-corrected chi connectivity index (χ2v) is 7.61. The first-order valence-corrected chi connectivity index (χ1v) is 9.88. The van der Waals surface area contributed by atoms with E-state index in [4.69, 9.17) is 4.74 Å². The molecule has 3 N–H and O–H groups in total. The normalized spacial score (nSPS) is 11.8. The molecule has 2 rings (SSSR count). The van der Waals surface area contributed by atoms with Crippen molar-refractivity contribution in [3.63, 3.8) is 0 Å². The molecule has 1 heterocycles. The first-order valence-electron chi connectivity index (χ1n) is 9.88. The maximum absolute atomic E-state index is 11.7. The molecule has 0 bridgehead atoms. The highest BCUT2D eigenvalue weighted by Gasteiger charge is 2.15. The summed E-state index contributed by atoms with van der Waals surface area (Å²) in [7, 11) is 0. The van der Waals surface area contributed by atoms with Gasteiger partial charge in [0.15, 0.2) is 5.96 Å². The lowest BCUT2D eigenvalue weighted by molar-refractivity contribution is 0.0529. The number of rotatable bonds is 8. The van der Waals surface area contributed by atoms with Crippen molar-refractivity contribution in [2.24, 2.45) is 4.99 Å². The predicted molar refractivity (Wildman–Crippen MR) is 115 cm³/mol. The monoisotopic (exact) mass is 400 g/mol. The van der Waals surface area contributed by atoms with Crippen LogP contribution in [0.5, 0.6) is 0 Å². The van der Waals surface area contributed by atoms with Crippen LogP contribution in [0.4, 0.5) is 4.79 Å². The van der Waals surface area contributed by atoms with E-state index in [0.717, 1.165) is 18.7 Å². The lowest BCUT2D eigenvalue weighted by atomic mass is 10.1. The van der Waals surface area contributed by atoms with E-state index in [1.54, 1.807) is 6.20 Å². The number of ether oxygens (including phenoxy) is 1. The third-order valence-electron chi connectivity index (χ3n) is 3.77. The van der Waals surface area contributed by atoms with E-state index in [0.29, 0.717) is 25.6 Å². The minimum atomic E-state index is -0.500. The molecule has 0 fully saturated rings. The summed E-state index contributed by atoms with van der Waals surface area (Å²) in [5.74, 6) is 0.707. The molecule has 0 aliphatic rings. The number of alkyl carbamates (subject to hydrolysis) is 1. The molecule has 8 heteroatoms. The van der Waals surface area contributed by atoms with Crippen molar-refractivity contribution in [2.75, 3.05) is 19.6 Å². The molecule has 29 heavy (non-hydrogen) atoms. The summed E-state index contributed by atoms with van der Waals surface area (Å²) in [5.41, 5.74) is 1.84. The number of nitrogens with zero attached hydrogens (tertiary/aromatic N) is 3. The SMILES string of the molecule is CCNC(=NCc1cccc(Cn2ccnc2)c1)NCCNC(=O)OC(C)(C)C. The van der Waals surface area contributed by atoms with Gasteiger partial charge in [-0.3, -0.25) is 0 Å². The van der Waals surface area contributed by atoms with Crippen molar-refractivity contribution in [1.29, 1.82) is 0 Å². The van der Waals surface area contributed by atoms with Crippen molar-refractivity contribution >= 4 is 12.1 Å². The molecular formula is C21H32N6O2. The van der Waals surface area contributed by atoms with Crippen LogP contribution in [0.1, 0.15) is 38.8 Å². The van der Waals surface area contributed by atoms with Gasteiger partial charge in [-0.25, -0.2) is 14.8 Å². The summed E-state index contributed by atoms with van der Waals surface area (Å²) >= 11 is 0. The van der Waals surface area contributed by atoms with E-state index in [-0.39, 0.29) is 0 Å². The van der Waals surface area contributed by atoms with Crippen molar-refractivity contribution in [2.45, 2.75) is 46.4 Å². The molecule has 0 spiro atoms. The number of aliphatic imine (C=N–C) groups is 1. The Morgan fingerprint density at radius 1 is 1.17 bits per heavy atom. The Labute approximate surface area is 172 Å². The summed E-state index contributed by atoms with van der Waals surface area (Å²) in [5, 5.41) is 9.15. The first-order chi connectivity index (χ1) is 13.9. The molecule has 2 aromatic rings. The first kappa shape index (κ1) is 22.3. The van der Waals surface area contributed by atoms with E-state index in [9.17, 15) is 4.79 Å². The standard InChI is InChI=1S/C21H32N6O2/c1-5-23-19(24-9-10-25-20(28)29-21(2,3)4)26-14-17-7-6-8-18(13-17)15-27-12-11-22-16-27/h6-8,11-13,16H,5,9-10,14-15H2,1-4H3,(H,25,28)(H2,23,24,26). The van der Waals surface area contributed by atoms with Crippen LogP contribution in [0, 0.1) is 0 Å². The number of carbonyl (C=O) groups is 1. The third-order valence-corrected chi connectivity index (χ3v) is 3.77. The summed E-state index contributed by atoms with van der Waals surface area (Å²) in [6.45, 7) is 10.6. The molecule has 0 saturated heterocycles. The number of guanidine groups is 1. The molecule has 158 valence electrons. The largest absolute Gasteiger partial charge is 0.444 e. The summed E-state index contributed by atoms with van der Waals surface area (Å²) < 4.78 is 7.25. The highest BCUT2D eigenvalue weighted by Crippen LogP contribution is 2.08. The second kappa shape index (κ2) is 11.1. The fourth-order valence-electron chi connectivity index (χ4n) is 2.59. The molecular weight excluding hydrogens is 368 g/mol. The highest BCUT2D eigenvalue weighted by molar-refractivity contribution is 5.79. The molecule has 8 nitrogen and oxygen atoms in total. The van der Waals surface area contributed by atoms with Crippen LogP contribution in [-0.2, 0) is 17.8 Å². The number of benzene rings is 1. The van der Waals surface area contributed by atoms with Gasteiger partial charge < -0.3 is 25.3 Å². The van der Waals surface area contributed by atoms with Gasteiger partial charge in [0.1, 0.15) is 5.60 Å². The minimum absolute atomic E-state index is 0.420. The molecule has 1 aromatic carbocycles. The second-order valence-electron chi connectivity index (χ2n) is 7.61. The van der Waals surface area contributed by atoms with E-state index >= 15 is 0 Å². The average molecular weight is 401 g/mol. The van der Waals surface area contributed by atoms with Crippen LogP contribution in [0.2, 0.25) is 0 Å². The highest BCUT2D eigenvalue weighted by atomic mass is 16.6. The van der Waals surface area contributed by atoms with Gasteiger partial charge in [-0.15, -0.1) is 0 Å². The van der Waals surface area contributed by atoms with Crippen molar-refractivity contribution in [3.8, 4) is 0 Å². The minimum Gasteiger partial charge on any atom is -0.444 e. The maximum atomic E-state index is 11.7. The topological polar surface area (TPSA) is 92.6 Å². The van der Waals surface area contributed by atoms with Crippen LogP contribution < -0.4 is 16.0 Å². The van der Waals surface area contributed by atoms with Gasteiger partial charge in [0, 0.05) is 38.6 Å². The van der Waals surface area contributed by atoms with Crippen LogP contribution in [0.25, 0.3) is 0 Å². The van der Waals surface area contributed by atoms with Crippen LogP contribution >= 0.6 is 0 Å². The lowest BCUT2D eigenvalue weighted by Crippen LogP contribution is -2.42. The number of aromatic nitrogens is 2. The Kier molecular flexibility index (Phi) is 8.51. The zero-order valence-corrected chi connectivity index (χ0v) is 17.7. The van der Waals surface area contributed by atoms with E-state index in [1.165, 1.54) is 5.56 Å². The van der Waals surface area contributed by atoms with Gasteiger partial charge in [0.2, 0.25) is 0 Å². The molecule has 1 aromatic heterocycles. The van der Waals surface area contributed by atoms with Crippen molar-refractivity contribution in [1.82, 2.24) is 25.5 Å². The molecule has 1 amide bonds. The Morgan fingerprint density at radius 2 is 1.93 bits per heavy atom. The Hall–Kier alpha value is -3.03. The number of imidazole rings is 1. The summed E-state index contributed by atoms with van der Waals surface area (Å²) in [6.07, 6.45) is 5.11. The zero-order valence-electron chi connectivity index (χ0n) is 17.7. The average Bonchev–Trinajstić information content (AvgIpc) is 3.15. The van der Waals surface area contributed by atoms with Gasteiger partial charge in [-0.05, 0) is 38.8 Å².